The Labute approximate surface area is 115 Å². The van der Waals surface area contributed by atoms with Gasteiger partial charge in [0.15, 0.2) is 0 Å². The summed E-state index contributed by atoms with van der Waals surface area (Å²) in [4.78, 5) is 12.0. The van der Waals surface area contributed by atoms with Gasteiger partial charge in [-0.15, -0.1) is 0 Å². The first-order valence-corrected chi connectivity index (χ1v) is 8.24. The molecule has 0 aromatic carbocycles. The molecular weight excluding hydrogens is 244 g/mol. The largest absolute Gasteiger partial charge is 0.281 e. The minimum absolute atomic E-state index is 0.00507. The van der Waals surface area contributed by atoms with Crippen LogP contribution in [-0.4, -0.2) is 5.24 Å². The SMILES string of the molecule is CCC1C2CC3(C(=O)Cl)CC1C1CCCC2C1C3. The molecule has 2 heteroatoms. The van der Waals surface area contributed by atoms with E-state index in [1.165, 1.54) is 25.7 Å². The maximum atomic E-state index is 12.0. The average molecular weight is 267 g/mol. The van der Waals surface area contributed by atoms with Crippen LogP contribution in [0.15, 0.2) is 0 Å². The maximum Gasteiger partial charge on any atom is 0.227 e. The van der Waals surface area contributed by atoms with Gasteiger partial charge in [0, 0.05) is 5.41 Å². The molecular formula is C16H23ClO. The van der Waals surface area contributed by atoms with Crippen molar-refractivity contribution in [1.29, 1.82) is 0 Å². The molecule has 0 radical (unpaired) electrons. The van der Waals surface area contributed by atoms with Gasteiger partial charge >= 0.3 is 0 Å². The fraction of sp³-hybridized carbons (Fsp3) is 0.938. The van der Waals surface area contributed by atoms with Crippen molar-refractivity contribution < 1.29 is 4.79 Å². The Morgan fingerprint density at radius 3 is 2.11 bits per heavy atom. The fourth-order valence-corrected chi connectivity index (χ4v) is 6.94. The summed E-state index contributed by atoms with van der Waals surface area (Å²) in [5, 5.41) is -0.00507. The van der Waals surface area contributed by atoms with Crippen LogP contribution in [0.5, 0.6) is 0 Å². The molecule has 1 nitrogen and oxygen atoms in total. The van der Waals surface area contributed by atoms with Crippen molar-refractivity contribution in [3.63, 3.8) is 0 Å². The molecule has 0 aromatic rings. The normalized spacial score (nSPS) is 56.8. The summed E-state index contributed by atoms with van der Waals surface area (Å²) in [5.41, 5.74) is -0.0996. The van der Waals surface area contributed by atoms with Gasteiger partial charge in [-0.05, 0) is 79.2 Å². The number of halogens is 1. The van der Waals surface area contributed by atoms with E-state index in [0.29, 0.717) is 0 Å². The van der Waals surface area contributed by atoms with Crippen LogP contribution in [0.2, 0.25) is 0 Å². The summed E-state index contributed by atoms with van der Waals surface area (Å²) >= 11 is 6.01. The molecule has 0 saturated heterocycles. The third-order valence-corrected chi connectivity index (χ3v) is 7.54. The monoisotopic (exact) mass is 266 g/mol. The summed E-state index contributed by atoms with van der Waals surface area (Å²) in [6.45, 7) is 2.36. The van der Waals surface area contributed by atoms with E-state index < -0.39 is 0 Å². The van der Waals surface area contributed by atoms with Crippen molar-refractivity contribution in [1.82, 2.24) is 0 Å². The summed E-state index contributed by atoms with van der Waals surface area (Å²) < 4.78 is 0. The predicted octanol–water partition coefficient (Wildman–Crippen LogP) is 4.24. The Hall–Kier alpha value is -0.0400. The zero-order valence-electron chi connectivity index (χ0n) is 11.2. The first-order valence-electron chi connectivity index (χ1n) is 7.86. The standard InChI is InChI=1S/C16H23ClO/c1-2-9-12-6-16(15(17)18)7-13(9)11-5-3-4-10(12)14(11)8-16/h9-14H,2-8H2,1H3. The third-order valence-electron chi connectivity index (χ3n) is 7.14. The highest BCUT2D eigenvalue weighted by molar-refractivity contribution is 6.64. The van der Waals surface area contributed by atoms with Gasteiger partial charge in [-0.1, -0.05) is 19.8 Å². The van der Waals surface area contributed by atoms with Crippen LogP contribution in [0.1, 0.15) is 51.9 Å². The van der Waals surface area contributed by atoms with E-state index in [9.17, 15) is 4.79 Å². The molecule has 6 bridgehead atoms. The van der Waals surface area contributed by atoms with Gasteiger partial charge in [0.25, 0.3) is 0 Å². The van der Waals surface area contributed by atoms with E-state index in [1.807, 2.05) is 0 Å². The van der Waals surface area contributed by atoms with Gasteiger partial charge in [0.2, 0.25) is 5.24 Å². The first kappa shape index (κ1) is 11.8. The molecule has 0 aliphatic heterocycles. The second-order valence-electron chi connectivity index (χ2n) is 7.49. The summed E-state index contributed by atoms with van der Waals surface area (Å²) in [6.07, 6.45) is 9.01. The molecule has 0 heterocycles. The highest BCUT2D eigenvalue weighted by atomic mass is 35.5. The fourth-order valence-electron chi connectivity index (χ4n) is 6.71. The second kappa shape index (κ2) is 3.75. The van der Waals surface area contributed by atoms with E-state index in [-0.39, 0.29) is 10.7 Å². The van der Waals surface area contributed by atoms with Crippen molar-refractivity contribution in [3.8, 4) is 0 Å². The number of carbonyl (C=O) groups is 1. The first-order chi connectivity index (χ1) is 8.66. The summed E-state index contributed by atoms with van der Waals surface area (Å²) in [6, 6.07) is 0. The van der Waals surface area contributed by atoms with E-state index in [1.54, 1.807) is 0 Å². The van der Waals surface area contributed by atoms with E-state index in [2.05, 4.69) is 6.92 Å². The highest BCUT2D eigenvalue weighted by Crippen LogP contribution is 2.70. The Bertz CT molecular complexity index is 365. The Balaban J connectivity index is 1.77. The van der Waals surface area contributed by atoms with Crippen LogP contribution in [-0.2, 0) is 4.79 Å². The molecule has 4 unspecified atom stereocenters. The number of hydrogen-bond donors (Lipinski definition) is 0. The molecule has 0 aromatic heterocycles. The molecule has 100 valence electrons. The van der Waals surface area contributed by atoms with Gasteiger partial charge < -0.3 is 0 Å². The topological polar surface area (TPSA) is 17.1 Å². The van der Waals surface area contributed by atoms with Crippen LogP contribution in [0, 0.1) is 40.9 Å². The van der Waals surface area contributed by atoms with Crippen molar-refractivity contribution in [2.75, 3.05) is 0 Å². The van der Waals surface area contributed by atoms with E-state index >= 15 is 0 Å². The molecule has 0 amide bonds. The van der Waals surface area contributed by atoms with Crippen molar-refractivity contribution in [3.05, 3.63) is 0 Å². The lowest BCUT2D eigenvalue weighted by Gasteiger charge is -2.67. The molecule has 5 aliphatic rings. The third kappa shape index (κ3) is 1.27. The molecule has 0 N–H and O–H groups in total. The Kier molecular flexibility index (Phi) is 2.45. The highest BCUT2D eigenvalue weighted by Gasteiger charge is 2.64. The van der Waals surface area contributed by atoms with Crippen molar-refractivity contribution >= 4 is 16.8 Å². The lowest BCUT2D eigenvalue weighted by molar-refractivity contribution is -0.188. The molecule has 0 spiro atoms. The van der Waals surface area contributed by atoms with Crippen LogP contribution < -0.4 is 0 Å². The smallest absolute Gasteiger partial charge is 0.227 e. The zero-order chi connectivity index (χ0) is 12.5. The molecule has 18 heavy (non-hydrogen) atoms. The maximum absolute atomic E-state index is 12.0. The lowest BCUT2D eigenvalue weighted by atomic mass is 9.37. The molecule has 5 fully saturated rings. The Morgan fingerprint density at radius 2 is 1.61 bits per heavy atom. The van der Waals surface area contributed by atoms with E-state index in [4.69, 9.17) is 11.6 Å². The van der Waals surface area contributed by atoms with Crippen molar-refractivity contribution in [2.24, 2.45) is 40.9 Å². The number of rotatable bonds is 2. The summed E-state index contributed by atoms with van der Waals surface area (Å²) in [5.74, 6) is 5.28. The number of hydrogen-bond acceptors (Lipinski definition) is 1. The predicted molar refractivity (Wildman–Crippen MR) is 72.2 cm³/mol. The minimum atomic E-state index is -0.0996. The van der Waals surface area contributed by atoms with Gasteiger partial charge in [-0.25, -0.2) is 0 Å². The van der Waals surface area contributed by atoms with Crippen LogP contribution >= 0.6 is 11.6 Å². The van der Waals surface area contributed by atoms with Crippen LogP contribution in [0.25, 0.3) is 0 Å². The van der Waals surface area contributed by atoms with E-state index in [0.717, 1.165) is 54.8 Å². The average Bonchev–Trinajstić information content (AvgIpc) is 2.37. The molecule has 5 aliphatic carbocycles. The molecule has 5 rings (SSSR count). The van der Waals surface area contributed by atoms with Gasteiger partial charge in [0.1, 0.15) is 0 Å². The van der Waals surface area contributed by atoms with Gasteiger partial charge in [-0.3, -0.25) is 4.79 Å². The van der Waals surface area contributed by atoms with Crippen LogP contribution in [0.4, 0.5) is 0 Å². The molecule has 4 atom stereocenters. The zero-order valence-corrected chi connectivity index (χ0v) is 12.0. The molecule has 5 saturated carbocycles. The summed E-state index contributed by atoms with van der Waals surface area (Å²) in [7, 11) is 0. The van der Waals surface area contributed by atoms with Gasteiger partial charge in [0.05, 0.1) is 0 Å². The number of carbonyl (C=O) groups excluding carboxylic acids is 1. The quantitative estimate of drug-likeness (QED) is 0.683. The second-order valence-corrected chi connectivity index (χ2v) is 7.83. The van der Waals surface area contributed by atoms with Crippen molar-refractivity contribution in [2.45, 2.75) is 51.9 Å². The minimum Gasteiger partial charge on any atom is -0.281 e. The van der Waals surface area contributed by atoms with Gasteiger partial charge in [-0.2, -0.15) is 0 Å². The lowest BCUT2D eigenvalue weighted by Crippen LogP contribution is -2.62. The Morgan fingerprint density at radius 1 is 1.06 bits per heavy atom. The van der Waals surface area contributed by atoms with Crippen LogP contribution in [0.3, 0.4) is 0 Å².